The van der Waals surface area contributed by atoms with Gasteiger partial charge in [0.15, 0.2) is 0 Å². The molecule has 0 spiro atoms. The van der Waals surface area contributed by atoms with Gasteiger partial charge in [-0.05, 0) is 24.6 Å². The average Bonchev–Trinajstić information content (AvgIpc) is 2.31. The second-order valence-electron chi connectivity index (χ2n) is 3.00. The van der Waals surface area contributed by atoms with Crippen molar-refractivity contribution in [3.8, 4) is 5.75 Å². The van der Waals surface area contributed by atoms with Crippen molar-refractivity contribution in [2.75, 3.05) is 13.7 Å². The Balaban J connectivity index is 3.00. The molecule has 0 aliphatic carbocycles. The Bertz CT molecular complexity index is 396. The molecule has 1 rings (SSSR count). The summed E-state index contributed by atoms with van der Waals surface area (Å²) < 4.78 is 9.84. The summed E-state index contributed by atoms with van der Waals surface area (Å²) in [6, 6.07) is 6.83. The van der Waals surface area contributed by atoms with Gasteiger partial charge in [0.1, 0.15) is 11.3 Å². The van der Waals surface area contributed by atoms with Gasteiger partial charge < -0.3 is 14.6 Å². The lowest BCUT2D eigenvalue weighted by Crippen LogP contribution is -2.07. The van der Waals surface area contributed by atoms with Crippen molar-refractivity contribution in [3.05, 3.63) is 36.1 Å². The highest BCUT2D eigenvalue weighted by molar-refractivity contribution is 6.16. The summed E-state index contributed by atoms with van der Waals surface area (Å²) in [5.74, 6) is 0.0550. The van der Waals surface area contributed by atoms with E-state index in [0.717, 1.165) is 6.26 Å². The number of methoxy groups -OCH3 is 1. The van der Waals surface area contributed by atoms with Gasteiger partial charge >= 0.3 is 5.97 Å². The van der Waals surface area contributed by atoms with Crippen LogP contribution in [-0.4, -0.2) is 24.8 Å². The lowest BCUT2D eigenvalue weighted by atomic mass is 10.1. The maximum absolute atomic E-state index is 11.5. The fourth-order valence-corrected chi connectivity index (χ4v) is 1.24. The molecule has 0 saturated heterocycles. The van der Waals surface area contributed by atoms with Gasteiger partial charge in [0, 0.05) is 0 Å². The summed E-state index contributed by atoms with van der Waals surface area (Å²) in [5.41, 5.74) is 0.668. The van der Waals surface area contributed by atoms with E-state index in [4.69, 9.17) is 14.6 Å². The molecule has 1 aromatic carbocycles. The van der Waals surface area contributed by atoms with Gasteiger partial charge in [-0.15, -0.1) is 0 Å². The summed E-state index contributed by atoms with van der Waals surface area (Å²) in [5, 5.41) is 9.04. The zero-order chi connectivity index (χ0) is 12.0. The van der Waals surface area contributed by atoms with Crippen LogP contribution >= 0.6 is 0 Å². The van der Waals surface area contributed by atoms with E-state index in [-0.39, 0.29) is 12.2 Å². The normalized spacial score (nSPS) is 11.0. The van der Waals surface area contributed by atoms with Crippen LogP contribution < -0.4 is 4.74 Å². The van der Waals surface area contributed by atoms with E-state index < -0.39 is 5.97 Å². The molecule has 0 radical (unpaired) electrons. The number of rotatable bonds is 4. The van der Waals surface area contributed by atoms with Gasteiger partial charge in [0.25, 0.3) is 0 Å². The lowest BCUT2D eigenvalue weighted by molar-refractivity contribution is -0.136. The maximum atomic E-state index is 11.5. The molecular weight excluding hydrogens is 208 g/mol. The third-order valence-corrected chi connectivity index (χ3v) is 2.01. The van der Waals surface area contributed by atoms with Crippen LogP contribution in [0.2, 0.25) is 0 Å². The van der Waals surface area contributed by atoms with Crippen LogP contribution in [0, 0.1) is 0 Å². The zero-order valence-electron chi connectivity index (χ0n) is 9.27. The number of aliphatic hydroxyl groups is 1. The number of carbonyl (C=O) groups excluding carboxylic acids is 1. The van der Waals surface area contributed by atoms with Gasteiger partial charge in [-0.1, -0.05) is 12.1 Å². The second kappa shape index (κ2) is 5.80. The molecular formula is C12H14O4. The Morgan fingerprint density at radius 2 is 2.25 bits per heavy atom. The van der Waals surface area contributed by atoms with E-state index >= 15 is 0 Å². The van der Waals surface area contributed by atoms with Crippen LogP contribution in [-0.2, 0) is 9.53 Å². The number of benzene rings is 1. The molecule has 1 N–H and O–H groups in total. The number of ether oxygens (including phenoxy) is 2. The average molecular weight is 222 g/mol. The lowest BCUT2D eigenvalue weighted by Gasteiger charge is -2.07. The van der Waals surface area contributed by atoms with Crippen LogP contribution in [0.25, 0.3) is 5.57 Å². The first kappa shape index (κ1) is 12.1. The topological polar surface area (TPSA) is 55.8 Å². The molecule has 4 nitrogen and oxygen atoms in total. The maximum Gasteiger partial charge on any atom is 0.341 e. The predicted molar refractivity (Wildman–Crippen MR) is 60.2 cm³/mol. The van der Waals surface area contributed by atoms with E-state index in [1.54, 1.807) is 31.2 Å². The van der Waals surface area contributed by atoms with E-state index in [0.29, 0.717) is 11.3 Å². The molecule has 0 heterocycles. The van der Waals surface area contributed by atoms with Gasteiger partial charge in [0.05, 0.1) is 20.0 Å². The van der Waals surface area contributed by atoms with E-state index in [1.807, 2.05) is 0 Å². The summed E-state index contributed by atoms with van der Waals surface area (Å²) >= 11 is 0. The molecule has 0 aliphatic heterocycles. The SMILES string of the molecule is CCOC(=O)/C(=C/O)c1cccc(OC)c1. The monoisotopic (exact) mass is 222 g/mol. The van der Waals surface area contributed by atoms with Gasteiger partial charge in [-0.2, -0.15) is 0 Å². The Kier molecular flexibility index (Phi) is 4.39. The molecule has 0 unspecified atom stereocenters. The molecule has 1 aromatic rings. The van der Waals surface area contributed by atoms with Crippen LogP contribution in [0.4, 0.5) is 0 Å². The standard InChI is InChI=1S/C12H14O4/c1-3-16-12(14)11(8-13)9-5-4-6-10(7-9)15-2/h4-8,13H,3H2,1-2H3/b11-8+. The van der Waals surface area contributed by atoms with Crippen LogP contribution in [0.3, 0.4) is 0 Å². The quantitative estimate of drug-likeness (QED) is 0.482. The highest BCUT2D eigenvalue weighted by Crippen LogP contribution is 2.20. The van der Waals surface area contributed by atoms with Crippen molar-refractivity contribution >= 4 is 11.5 Å². The van der Waals surface area contributed by atoms with Crippen LogP contribution in [0.5, 0.6) is 5.75 Å². The number of hydrogen-bond acceptors (Lipinski definition) is 4. The summed E-state index contributed by atoms with van der Waals surface area (Å²) in [7, 11) is 1.53. The molecule has 0 amide bonds. The van der Waals surface area contributed by atoms with Crippen molar-refractivity contribution in [2.45, 2.75) is 6.92 Å². The summed E-state index contributed by atoms with van der Waals surface area (Å²) in [4.78, 5) is 11.5. The molecule has 4 heteroatoms. The molecule has 0 atom stereocenters. The van der Waals surface area contributed by atoms with Gasteiger partial charge in [-0.25, -0.2) is 4.79 Å². The number of carbonyl (C=O) groups is 1. The van der Waals surface area contributed by atoms with E-state index in [1.165, 1.54) is 7.11 Å². The van der Waals surface area contributed by atoms with Crippen molar-refractivity contribution in [2.24, 2.45) is 0 Å². The largest absolute Gasteiger partial charge is 0.515 e. The van der Waals surface area contributed by atoms with Gasteiger partial charge in [0.2, 0.25) is 0 Å². The minimum atomic E-state index is -0.557. The molecule has 0 saturated carbocycles. The van der Waals surface area contributed by atoms with Gasteiger partial charge in [-0.3, -0.25) is 0 Å². The molecule has 0 bridgehead atoms. The van der Waals surface area contributed by atoms with Crippen LogP contribution in [0.15, 0.2) is 30.5 Å². The van der Waals surface area contributed by atoms with Crippen molar-refractivity contribution in [1.29, 1.82) is 0 Å². The fourth-order valence-electron chi connectivity index (χ4n) is 1.24. The Labute approximate surface area is 94.1 Å². The first-order valence-corrected chi connectivity index (χ1v) is 4.88. The first-order chi connectivity index (χ1) is 7.72. The van der Waals surface area contributed by atoms with E-state index in [2.05, 4.69) is 0 Å². The highest BCUT2D eigenvalue weighted by Gasteiger charge is 2.13. The third-order valence-electron chi connectivity index (χ3n) is 2.01. The predicted octanol–water partition coefficient (Wildman–Crippen LogP) is 2.16. The molecule has 0 fully saturated rings. The van der Waals surface area contributed by atoms with Crippen molar-refractivity contribution in [3.63, 3.8) is 0 Å². The zero-order valence-corrected chi connectivity index (χ0v) is 9.27. The Morgan fingerprint density at radius 1 is 1.50 bits per heavy atom. The minimum Gasteiger partial charge on any atom is -0.515 e. The second-order valence-corrected chi connectivity index (χ2v) is 3.00. The number of hydrogen-bond donors (Lipinski definition) is 1. The molecule has 16 heavy (non-hydrogen) atoms. The third kappa shape index (κ3) is 2.76. The smallest absolute Gasteiger partial charge is 0.341 e. The van der Waals surface area contributed by atoms with Crippen molar-refractivity contribution in [1.82, 2.24) is 0 Å². The van der Waals surface area contributed by atoms with E-state index in [9.17, 15) is 4.79 Å². The summed E-state index contributed by atoms with van der Waals surface area (Å²) in [6.07, 6.45) is 0.743. The molecule has 0 aliphatic rings. The summed E-state index contributed by atoms with van der Waals surface area (Å²) in [6.45, 7) is 1.97. The minimum absolute atomic E-state index is 0.112. The Hall–Kier alpha value is -1.97. The van der Waals surface area contributed by atoms with Crippen LogP contribution in [0.1, 0.15) is 12.5 Å². The van der Waals surface area contributed by atoms with Crippen molar-refractivity contribution < 1.29 is 19.4 Å². The molecule has 0 aromatic heterocycles. The first-order valence-electron chi connectivity index (χ1n) is 4.88. The fraction of sp³-hybridized carbons (Fsp3) is 0.250. The highest BCUT2D eigenvalue weighted by atomic mass is 16.5. The Morgan fingerprint density at radius 3 is 2.81 bits per heavy atom. The molecule has 86 valence electrons. The number of aliphatic hydroxyl groups excluding tert-OH is 1. The number of esters is 1.